The highest BCUT2D eigenvalue weighted by Crippen LogP contribution is 2.29. The zero-order chi connectivity index (χ0) is 20.4. The molecule has 27 heavy (non-hydrogen) atoms. The zero-order valence-electron chi connectivity index (χ0n) is 17.0. The smallest absolute Gasteiger partial charge is 0.410 e. The number of imidazole rings is 1. The Kier molecular flexibility index (Phi) is 6.78. The van der Waals surface area contributed by atoms with Gasteiger partial charge in [0.05, 0.1) is 12.2 Å². The van der Waals surface area contributed by atoms with Crippen LogP contribution in [0.15, 0.2) is 0 Å². The Morgan fingerprint density at radius 1 is 1.22 bits per heavy atom. The minimum absolute atomic E-state index is 0.0935. The van der Waals surface area contributed by atoms with Gasteiger partial charge in [-0.15, -0.1) is 0 Å². The molecule has 0 fully saturated rings. The first-order valence-electron chi connectivity index (χ1n) is 9.33. The van der Waals surface area contributed by atoms with E-state index in [2.05, 4.69) is 20.8 Å². The van der Waals surface area contributed by atoms with Gasteiger partial charge in [-0.3, -0.25) is 4.90 Å². The largest absolute Gasteiger partial charge is 0.445 e. The fourth-order valence-electron chi connectivity index (χ4n) is 3.33. The van der Waals surface area contributed by atoms with E-state index in [1.165, 1.54) is 0 Å². The van der Waals surface area contributed by atoms with Gasteiger partial charge in [0.1, 0.15) is 11.4 Å². The van der Waals surface area contributed by atoms with Gasteiger partial charge < -0.3 is 14.0 Å². The molecule has 0 aromatic carbocycles. The first-order valence-corrected chi connectivity index (χ1v) is 9.87. The van der Waals surface area contributed by atoms with Crippen molar-refractivity contribution in [2.24, 2.45) is 5.92 Å². The van der Waals surface area contributed by atoms with E-state index in [4.69, 9.17) is 26.1 Å². The second-order valence-electron chi connectivity index (χ2n) is 8.39. The lowest BCUT2D eigenvalue weighted by atomic mass is 9.95. The van der Waals surface area contributed by atoms with Gasteiger partial charge in [0.25, 0.3) is 0 Å². The van der Waals surface area contributed by atoms with Gasteiger partial charge in [0, 0.05) is 19.0 Å². The summed E-state index contributed by atoms with van der Waals surface area (Å²) in [5.74, 6) is 0.754. The summed E-state index contributed by atoms with van der Waals surface area (Å²) in [4.78, 5) is 31.2. The number of rotatable bonds is 5. The molecule has 8 heteroatoms. The number of hydrogen-bond acceptors (Lipinski definition) is 5. The fraction of sp³-hybridized carbons (Fsp3) is 0.737. The van der Waals surface area contributed by atoms with Crippen molar-refractivity contribution in [2.75, 3.05) is 12.6 Å². The lowest BCUT2D eigenvalue weighted by Gasteiger charge is -2.30. The number of esters is 1. The van der Waals surface area contributed by atoms with Crippen molar-refractivity contribution < 1.29 is 19.1 Å². The molecule has 1 aromatic heterocycles. The van der Waals surface area contributed by atoms with E-state index < -0.39 is 11.6 Å². The van der Waals surface area contributed by atoms with Gasteiger partial charge in [-0.05, 0) is 33.1 Å². The summed E-state index contributed by atoms with van der Waals surface area (Å²) in [6, 6.07) is -0.207. The molecule has 1 amide bonds. The number of aromatic nitrogens is 2. The minimum atomic E-state index is -0.559. The van der Waals surface area contributed by atoms with Crippen LogP contribution in [0.3, 0.4) is 0 Å². The summed E-state index contributed by atoms with van der Waals surface area (Å²) < 4.78 is 12.4. The summed E-state index contributed by atoms with van der Waals surface area (Å²) in [5, 5.41) is 0. The van der Waals surface area contributed by atoms with Crippen LogP contribution in [0.2, 0.25) is 0 Å². The summed E-state index contributed by atoms with van der Waals surface area (Å²) >= 11 is 5.60. The SMILES string of the molecule is CC(C)CC(C)c1nc2n(c1C(=O)OCCl)CCN(C(=O)OC(C)(C)C)C2. The Balaban J connectivity index is 2.32. The maximum atomic E-state index is 12.5. The van der Waals surface area contributed by atoms with Crippen molar-refractivity contribution in [2.45, 2.75) is 72.6 Å². The Bertz CT molecular complexity index is 694. The topological polar surface area (TPSA) is 73.7 Å². The maximum Gasteiger partial charge on any atom is 0.410 e. The number of carbonyl (C=O) groups excluding carboxylic acids is 2. The average molecular weight is 400 g/mol. The van der Waals surface area contributed by atoms with Gasteiger partial charge >= 0.3 is 12.1 Å². The van der Waals surface area contributed by atoms with Gasteiger partial charge in [-0.1, -0.05) is 32.4 Å². The summed E-state index contributed by atoms with van der Waals surface area (Å²) in [6.45, 7) is 13.0. The number of ether oxygens (including phenoxy) is 2. The molecular formula is C19H30ClN3O4. The molecule has 7 nitrogen and oxygen atoms in total. The third-order valence-corrected chi connectivity index (χ3v) is 4.43. The van der Waals surface area contributed by atoms with E-state index in [-0.39, 0.29) is 18.1 Å². The van der Waals surface area contributed by atoms with Crippen molar-refractivity contribution in [3.63, 3.8) is 0 Å². The molecule has 1 unspecified atom stereocenters. The highest BCUT2D eigenvalue weighted by Gasteiger charge is 2.33. The highest BCUT2D eigenvalue weighted by molar-refractivity contribution is 6.17. The van der Waals surface area contributed by atoms with Crippen LogP contribution in [-0.4, -0.2) is 44.7 Å². The van der Waals surface area contributed by atoms with E-state index in [0.29, 0.717) is 42.8 Å². The molecule has 1 aliphatic rings. The van der Waals surface area contributed by atoms with Crippen LogP contribution in [0.5, 0.6) is 0 Å². The van der Waals surface area contributed by atoms with Crippen LogP contribution in [0.25, 0.3) is 0 Å². The van der Waals surface area contributed by atoms with Crippen molar-refractivity contribution in [3.8, 4) is 0 Å². The molecule has 0 radical (unpaired) electrons. The fourth-order valence-corrected chi connectivity index (χ4v) is 3.43. The number of halogens is 1. The van der Waals surface area contributed by atoms with Crippen LogP contribution >= 0.6 is 11.6 Å². The molecule has 2 rings (SSSR count). The molecule has 0 aliphatic carbocycles. The molecule has 0 bridgehead atoms. The lowest BCUT2D eigenvalue weighted by Crippen LogP contribution is -2.42. The van der Waals surface area contributed by atoms with E-state index in [1.54, 1.807) is 4.90 Å². The molecule has 0 spiro atoms. The lowest BCUT2D eigenvalue weighted by molar-refractivity contribution is 0.0194. The Morgan fingerprint density at radius 3 is 2.44 bits per heavy atom. The first-order chi connectivity index (χ1) is 12.5. The Morgan fingerprint density at radius 2 is 1.89 bits per heavy atom. The number of hydrogen-bond donors (Lipinski definition) is 0. The Labute approximate surface area is 166 Å². The van der Waals surface area contributed by atoms with Crippen LogP contribution < -0.4 is 0 Å². The molecule has 152 valence electrons. The molecule has 1 atom stereocenters. The third-order valence-electron chi connectivity index (χ3n) is 4.32. The van der Waals surface area contributed by atoms with Gasteiger partial charge in [-0.2, -0.15) is 0 Å². The van der Waals surface area contributed by atoms with Crippen molar-refractivity contribution in [1.82, 2.24) is 14.5 Å². The van der Waals surface area contributed by atoms with Crippen LogP contribution in [0.4, 0.5) is 4.79 Å². The van der Waals surface area contributed by atoms with Crippen molar-refractivity contribution >= 4 is 23.7 Å². The zero-order valence-corrected chi connectivity index (χ0v) is 17.8. The van der Waals surface area contributed by atoms with E-state index in [9.17, 15) is 9.59 Å². The number of fused-ring (bicyclic) bond motifs is 1. The minimum Gasteiger partial charge on any atom is -0.445 e. The van der Waals surface area contributed by atoms with E-state index in [1.807, 2.05) is 25.3 Å². The first kappa shape index (κ1) is 21.5. The highest BCUT2D eigenvalue weighted by atomic mass is 35.5. The van der Waals surface area contributed by atoms with E-state index in [0.717, 1.165) is 6.42 Å². The summed E-state index contributed by atoms with van der Waals surface area (Å²) in [6.07, 6.45) is 0.520. The van der Waals surface area contributed by atoms with Gasteiger partial charge in [0.2, 0.25) is 0 Å². The third kappa shape index (κ3) is 5.37. The number of alkyl halides is 1. The second kappa shape index (κ2) is 8.50. The predicted octanol–water partition coefficient (Wildman–Crippen LogP) is 4.14. The predicted molar refractivity (Wildman–Crippen MR) is 103 cm³/mol. The average Bonchev–Trinajstić information content (AvgIpc) is 2.91. The summed E-state index contributed by atoms with van der Waals surface area (Å²) in [5.41, 5.74) is 0.596. The van der Waals surface area contributed by atoms with Crippen molar-refractivity contribution in [3.05, 3.63) is 17.2 Å². The molecular weight excluding hydrogens is 370 g/mol. The van der Waals surface area contributed by atoms with Gasteiger partial charge in [0.15, 0.2) is 11.8 Å². The maximum absolute atomic E-state index is 12.5. The summed E-state index contributed by atoms with van der Waals surface area (Å²) in [7, 11) is 0. The molecule has 0 saturated heterocycles. The molecule has 1 aliphatic heterocycles. The van der Waals surface area contributed by atoms with Crippen molar-refractivity contribution in [1.29, 1.82) is 0 Å². The molecule has 0 N–H and O–H groups in total. The Hall–Kier alpha value is -1.76. The van der Waals surface area contributed by atoms with Crippen LogP contribution in [0, 0.1) is 5.92 Å². The standard InChI is InChI=1S/C19H30ClN3O4/c1-12(2)9-13(3)15-16(17(24)26-11-20)23-8-7-22(10-14(23)21-15)18(25)27-19(4,5)6/h12-13H,7-11H2,1-6H3. The van der Waals surface area contributed by atoms with E-state index >= 15 is 0 Å². The van der Waals surface area contributed by atoms with Crippen LogP contribution in [-0.2, 0) is 22.6 Å². The number of carbonyl (C=O) groups is 2. The number of amides is 1. The quantitative estimate of drug-likeness (QED) is 0.549. The molecule has 2 heterocycles. The molecule has 1 aromatic rings. The monoisotopic (exact) mass is 399 g/mol. The number of nitrogens with zero attached hydrogens (tertiary/aromatic N) is 3. The van der Waals surface area contributed by atoms with Gasteiger partial charge in [-0.25, -0.2) is 14.6 Å². The molecule has 0 saturated carbocycles. The van der Waals surface area contributed by atoms with Crippen LogP contribution in [0.1, 0.15) is 75.9 Å². The normalized spacial score (nSPS) is 15.5. The second-order valence-corrected chi connectivity index (χ2v) is 8.61.